The average molecular weight is 658 g/mol. The minimum atomic E-state index is -4.18. The Kier molecular flexibility index (Phi) is 9.53. The van der Waals surface area contributed by atoms with Crippen LogP contribution < -0.4 is 19.9 Å². The molecule has 1 aliphatic rings. The van der Waals surface area contributed by atoms with Crippen molar-refractivity contribution in [3.63, 3.8) is 0 Å². The van der Waals surface area contributed by atoms with Gasteiger partial charge in [0.25, 0.3) is 21.8 Å². The zero-order chi connectivity index (χ0) is 33.9. The van der Waals surface area contributed by atoms with E-state index in [9.17, 15) is 18.0 Å². The van der Waals surface area contributed by atoms with Crippen molar-refractivity contribution in [2.24, 2.45) is 11.1 Å². The molecule has 47 heavy (non-hydrogen) atoms. The summed E-state index contributed by atoms with van der Waals surface area (Å²) in [6.07, 6.45) is 0.566. The van der Waals surface area contributed by atoms with Crippen LogP contribution >= 0.6 is 0 Å². The molecule has 1 aromatic heterocycles. The second kappa shape index (κ2) is 13.4. The lowest BCUT2D eigenvalue weighted by Crippen LogP contribution is -2.45. The van der Waals surface area contributed by atoms with E-state index >= 15 is 0 Å². The van der Waals surface area contributed by atoms with Crippen molar-refractivity contribution in [3.05, 3.63) is 95.1 Å². The summed E-state index contributed by atoms with van der Waals surface area (Å²) in [4.78, 5) is 36.1. The van der Waals surface area contributed by atoms with Crippen molar-refractivity contribution in [2.75, 3.05) is 17.9 Å². The predicted molar refractivity (Wildman–Crippen MR) is 179 cm³/mol. The lowest BCUT2D eigenvalue weighted by Gasteiger charge is -2.36. The first kappa shape index (κ1) is 33.4. The number of sulfonamides is 1. The molecule has 0 fully saturated rings. The number of carbonyl (C=O) groups is 2. The van der Waals surface area contributed by atoms with Gasteiger partial charge in [0.05, 0.1) is 16.6 Å². The van der Waals surface area contributed by atoms with Crippen LogP contribution in [0.1, 0.15) is 54.2 Å². The Hall–Kier alpha value is -4.97. The molecular formula is C35H39N5O6S. The van der Waals surface area contributed by atoms with Gasteiger partial charge in [-0.2, -0.15) is 4.98 Å². The molecule has 0 unspecified atom stereocenters. The molecule has 4 bridgehead atoms. The maximum Gasteiger partial charge on any atom is 0.264 e. The Morgan fingerprint density at radius 1 is 1.02 bits per heavy atom. The molecule has 2 heterocycles. The quantitative estimate of drug-likeness (QED) is 0.273. The number of ether oxygens (including phenoxy) is 2. The monoisotopic (exact) mass is 657 g/mol. The third-order valence-electron chi connectivity index (χ3n) is 7.69. The number of hydrogen-bond acceptors (Lipinski definition) is 8. The molecule has 1 aliphatic heterocycles. The second-order valence-electron chi connectivity index (χ2n) is 12.9. The van der Waals surface area contributed by atoms with E-state index in [1.165, 1.54) is 12.1 Å². The highest BCUT2D eigenvalue weighted by molar-refractivity contribution is 7.92. The maximum atomic E-state index is 14.3. The van der Waals surface area contributed by atoms with Crippen LogP contribution in [0.4, 0.5) is 5.95 Å². The number of nitrogens with two attached hydrogens (primary N) is 1. The summed E-state index contributed by atoms with van der Waals surface area (Å²) in [5.41, 5.74) is 9.26. The third-order valence-corrected chi connectivity index (χ3v) is 9.01. The first-order valence-corrected chi connectivity index (χ1v) is 16.7. The Morgan fingerprint density at radius 3 is 2.36 bits per heavy atom. The molecule has 11 nitrogen and oxygen atoms in total. The molecule has 0 radical (unpaired) electrons. The number of aryl methyl sites for hydroxylation is 2. The van der Waals surface area contributed by atoms with Crippen LogP contribution in [0.25, 0.3) is 11.3 Å². The zero-order valence-electron chi connectivity index (χ0n) is 27.1. The number of fused-ring (bicyclic) bond motifs is 4. The van der Waals surface area contributed by atoms with Gasteiger partial charge in [-0.1, -0.05) is 57.2 Å². The van der Waals surface area contributed by atoms with E-state index in [4.69, 9.17) is 15.2 Å². The van der Waals surface area contributed by atoms with E-state index in [1.54, 1.807) is 47.4 Å². The molecule has 12 heteroatoms. The van der Waals surface area contributed by atoms with E-state index in [1.807, 2.05) is 32.0 Å². The standard InChI is InChI=1S/C35H39N5O6S/c1-22-8-6-9-23(2)32(22)29-17-31-38-34(37-29)39-47(43,44)28-11-7-10-25(16-28)33(42)40(26(20-46-31)18-35(3,4)5)19-24-12-14-27(15-13-24)45-21-30(36)41/h6-17,26H,18-21H2,1-5H3,(H2,36,41)(H,37,38,39)/t26-/m1/s1. The summed E-state index contributed by atoms with van der Waals surface area (Å²) in [6, 6.07) is 20.1. The fraction of sp³-hybridized carbons (Fsp3) is 0.314. The summed E-state index contributed by atoms with van der Waals surface area (Å²) in [6.45, 7) is 10.2. The van der Waals surface area contributed by atoms with Crippen LogP contribution in [0.5, 0.6) is 11.6 Å². The SMILES string of the molecule is Cc1cccc(C)c1-c1cc2nc(n1)NS(=O)(=O)c1cccc(c1)C(=O)N(Cc1ccc(OCC(N)=O)cc1)[C@H](CC(C)(C)C)CO2. The Labute approximate surface area is 275 Å². The smallest absolute Gasteiger partial charge is 0.264 e. The Balaban J connectivity index is 1.62. The second-order valence-corrected chi connectivity index (χ2v) is 14.6. The van der Waals surface area contributed by atoms with E-state index in [0.29, 0.717) is 17.9 Å². The van der Waals surface area contributed by atoms with Crippen molar-refractivity contribution >= 4 is 27.8 Å². The van der Waals surface area contributed by atoms with Gasteiger partial charge in [0.15, 0.2) is 6.61 Å². The number of carbonyl (C=O) groups excluding carboxylic acids is 2. The topological polar surface area (TPSA) is 154 Å². The normalized spacial score (nSPS) is 16.1. The van der Waals surface area contributed by atoms with Crippen molar-refractivity contribution in [1.29, 1.82) is 0 Å². The van der Waals surface area contributed by atoms with Crippen LogP contribution in [0, 0.1) is 19.3 Å². The number of benzene rings is 3. The van der Waals surface area contributed by atoms with Gasteiger partial charge in [-0.3, -0.25) is 9.59 Å². The predicted octanol–water partition coefficient (Wildman–Crippen LogP) is 5.26. The van der Waals surface area contributed by atoms with E-state index < -0.39 is 22.0 Å². The number of rotatable bonds is 7. The molecule has 1 atom stereocenters. The molecule has 3 aromatic carbocycles. The van der Waals surface area contributed by atoms with Gasteiger partial charge in [-0.05, 0) is 72.7 Å². The van der Waals surface area contributed by atoms with Gasteiger partial charge in [0, 0.05) is 23.7 Å². The van der Waals surface area contributed by atoms with Crippen LogP contribution in [-0.4, -0.2) is 54.4 Å². The molecule has 246 valence electrons. The lowest BCUT2D eigenvalue weighted by atomic mass is 9.87. The minimum Gasteiger partial charge on any atom is -0.484 e. The van der Waals surface area contributed by atoms with Crippen molar-refractivity contribution < 1.29 is 27.5 Å². The molecule has 0 saturated carbocycles. The molecule has 0 aliphatic carbocycles. The van der Waals surface area contributed by atoms with Gasteiger partial charge in [-0.15, -0.1) is 0 Å². The van der Waals surface area contributed by atoms with E-state index in [2.05, 4.69) is 35.5 Å². The van der Waals surface area contributed by atoms with Crippen LogP contribution in [-0.2, 0) is 21.4 Å². The maximum absolute atomic E-state index is 14.3. The molecule has 5 rings (SSSR count). The molecule has 2 amide bonds. The largest absolute Gasteiger partial charge is 0.484 e. The molecule has 0 saturated heterocycles. The number of anilines is 1. The Bertz CT molecular complexity index is 1880. The van der Waals surface area contributed by atoms with Gasteiger partial charge in [-0.25, -0.2) is 18.1 Å². The number of nitrogens with zero attached hydrogens (tertiary/aromatic N) is 3. The summed E-state index contributed by atoms with van der Waals surface area (Å²) in [5, 5.41) is 0. The third kappa shape index (κ3) is 8.25. The van der Waals surface area contributed by atoms with Crippen LogP contribution in [0.2, 0.25) is 0 Å². The summed E-state index contributed by atoms with van der Waals surface area (Å²) < 4.78 is 41.5. The first-order valence-electron chi connectivity index (χ1n) is 15.2. The van der Waals surface area contributed by atoms with Crippen molar-refractivity contribution in [3.8, 4) is 22.9 Å². The van der Waals surface area contributed by atoms with Crippen LogP contribution in [0.3, 0.4) is 0 Å². The van der Waals surface area contributed by atoms with Gasteiger partial charge in [0.1, 0.15) is 12.4 Å². The average Bonchev–Trinajstić information content (AvgIpc) is 3.00. The number of amides is 2. The number of aromatic nitrogens is 2. The highest BCUT2D eigenvalue weighted by atomic mass is 32.2. The summed E-state index contributed by atoms with van der Waals surface area (Å²) in [5.74, 6) is -0.455. The van der Waals surface area contributed by atoms with Gasteiger partial charge < -0.3 is 20.1 Å². The summed E-state index contributed by atoms with van der Waals surface area (Å²) in [7, 11) is -4.18. The van der Waals surface area contributed by atoms with Crippen LogP contribution in [0.15, 0.2) is 77.7 Å². The molecular weight excluding hydrogens is 618 g/mol. The highest BCUT2D eigenvalue weighted by Crippen LogP contribution is 2.32. The van der Waals surface area contributed by atoms with E-state index in [-0.39, 0.29) is 53.4 Å². The highest BCUT2D eigenvalue weighted by Gasteiger charge is 2.31. The molecule has 0 spiro atoms. The van der Waals surface area contributed by atoms with Crippen molar-refractivity contribution in [2.45, 2.75) is 58.5 Å². The number of hydrogen-bond donors (Lipinski definition) is 2. The molecule has 4 aromatic rings. The summed E-state index contributed by atoms with van der Waals surface area (Å²) >= 11 is 0. The minimum absolute atomic E-state index is 0.0813. The lowest BCUT2D eigenvalue weighted by molar-refractivity contribution is -0.119. The Morgan fingerprint density at radius 2 is 1.70 bits per heavy atom. The van der Waals surface area contributed by atoms with Gasteiger partial charge >= 0.3 is 0 Å². The van der Waals surface area contributed by atoms with E-state index in [0.717, 1.165) is 22.3 Å². The molecule has 3 N–H and O–H groups in total. The fourth-order valence-electron chi connectivity index (χ4n) is 5.59. The number of primary amides is 1. The number of nitrogens with one attached hydrogen (secondary N) is 1. The van der Waals surface area contributed by atoms with Crippen molar-refractivity contribution in [1.82, 2.24) is 14.9 Å². The van der Waals surface area contributed by atoms with Gasteiger partial charge in [0.2, 0.25) is 11.8 Å². The first-order chi connectivity index (χ1) is 22.2. The fourth-order valence-corrected chi connectivity index (χ4v) is 6.58. The zero-order valence-corrected chi connectivity index (χ0v) is 27.9.